The molecule has 0 amide bonds. The van der Waals surface area contributed by atoms with Crippen molar-refractivity contribution in [2.45, 2.75) is 32.4 Å². The van der Waals surface area contributed by atoms with Gasteiger partial charge in [0.1, 0.15) is 5.76 Å². The molecule has 0 saturated heterocycles. The Bertz CT molecular complexity index is 579. The topological polar surface area (TPSA) is 65.2 Å². The second-order valence-corrected chi connectivity index (χ2v) is 5.97. The van der Waals surface area contributed by atoms with Gasteiger partial charge in [-0.3, -0.25) is 9.78 Å². The van der Waals surface area contributed by atoms with Gasteiger partial charge in [0.25, 0.3) is 0 Å². The zero-order valence-electron chi connectivity index (χ0n) is 12.9. The Labute approximate surface area is 134 Å². The molecule has 118 valence electrons. The molecular weight excluding hydrogens is 300 g/mol. The zero-order valence-corrected chi connectivity index (χ0v) is 13.7. The fourth-order valence-electron chi connectivity index (χ4n) is 1.99. The van der Waals surface area contributed by atoms with Gasteiger partial charge in [-0.1, -0.05) is 11.2 Å². The Hall–Kier alpha value is -1.82. The van der Waals surface area contributed by atoms with E-state index in [2.05, 4.69) is 10.1 Å². The molecule has 2 aromatic heterocycles. The standard InChI is InChI=1S/C16H20N2O3S/c1-12-15(13(2)21-18-12)10-22-11-16(19)20-8-4-6-14-5-3-7-17-9-14/h3,5,7,9H,4,6,8,10-11H2,1-2H3. The van der Waals surface area contributed by atoms with Crippen molar-refractivity contribution in [3.8, 4) is 0 Å². The SMILES string of the molecule is Cc1noc(C)c1CSCC(=O)OCCCc1cccnc1. The van der Waals surface area contributed by atoms with Gasteiger partial charge in [0.15, 0.2) is 0 Å². The van der Waals surface area contributed by atoms with Crippen molar-refractivity contribution in [3.63, 3.8) is 0 Å². The Balaban J connectivity index is 1.58. The highest BCUT2D eigenvalue weighted by Gasteiger charge is 2.10. The predicted molar refractivity (Wildman–Crippen MR) is 85.7 cm³/mol. The van der Waals surface area contributed by atoms with Crippen molar-refractivity contribution in [2.75, 3.05) is 12.4 Å². The van der Waals surface area contributed by atoms with Gasteiger partial charge in [-0.05, 0) is 38.3 Å². The summed E-state index contributed by atoms with van der Waals surface area (Å²) in [6, 6.07) is 3.93. The summed E-state index contributed by atoms with van der Waals surface area (Å²) in [6.45, 7) is 4.23. The minimum atomic E-state index is -0.178. The van der Waals surface area contributed by atoms with E-state index in [4.69, 9.17) is 9.26 Å². The third-order valence-corrected chi connectivity index (χ3v) is 4.18. The van der Waals surface area contributed by atoms with Gasteiger partial charge in [-0.2, -0.15) is 0 Å². The number of ether oxygens (including phenoxy) is 1. The van der Waals surface area contributed by atoms with Crippen LogP contribution in [0.5, 0.6) is 0 Å². The quantitative estimate of drug-likeness (QED) is 0.550. The molecule has 0 bridgehead atoms. The first-order valence-corrected chi connectivity index (χ1v) is 8.36. The van der Waals surface area contributed by atoms with Crippen LogP contribution in [0, 0.1) is 13.8 Å². The van der Waals surface area contributed by atoms with E-state index in [1.54, 1.807) is 6.20 Å². The number of nitrogens with zero attached hydrogens (tertiary/aromatic N) is 2. The minimum absolute atomic E-state index is 0.178. The smallest absolute Gasteiger partial charge is 0.315 e. The highest BCUT2D eigenvalue weighted by molar-refractivity contribution is 7.99. The number of aryl methyl sites for hydroxylation is 3. The number of carbonyl (C=O) groups is 1. The van der Waals surface area contributed by atoms with Crippen LogP contribution in [0.3, 0.4) is 0 Å². The molecule has 6 heteroatoms. The van der Waals surface area contributed by atoms with Gasteiger partial charge in [0.2, 0.25) is 0 Å². The van der Waals surface area contributed by atoms with E-state index in [0.717, 1.165) is 35.4 Å². The molecule has 0 aromatic carbocycles. The normalized spacial score (nSPS) is 10.6. The van der Waals surface area contributed by atoms with Gasteiger partial charge in [-0.25, -0.2) is 0 Å². The molecular formula is C16H20N2O3S. The number of thioether (sulfide) groups is 1. The summed E-state index contributed by atoms with van der Waals surface area (Å²) < 4.78 is 10.3. The molecule has 0 aliphatic rings. The molecule has 0 atom stereocenters. The molecule has 0 fully saturated rings. The molecule has 2 aromatic rings. The monoisotopic (exact) mass is 320 g/mol. The Morgan fingerprint density at radius 1 is 1.41 bits per heavy atom. The number of aromatic nitrogens is 2. The Morgan fingerprint density at radius 2 is 2.27 bits per heavy atom. The first-order valence-electron chi connectivity index (χ1n) is 7.21. The number of pyridine rings is 1. The van der Waals surface area contributed by atoms with E-state index in [9.17, 15) is 4.79 Å². The predicted octanol–water partition coefficient (Wildman–Crippen LogP) is 3.10. The molecule has 2 heterocycles. The Kier molecular flexibility index (Phi) is 6.45. The van der Waals surface area contributed by atoms with E-state index in [1.807, 2.05) is 32.2 Å². The maximum atomic E-state index is 11.7. The molecule has 0 radical (unpaired) electrons. The van der Waals surface area contributed by atoms with Crippen molar-refractivity contribution >= 4 is 17.7 Å². The Morgan fingerprint density at radius 3 is 2.95 bits per heavy atom. The highest BCUT2D eigenvalue weighted by atomic mass is 32.2. The summed E-state index contributed by atoms with van der Waals surface area (Å²) in [4.78, 5) is 15.7. The lowest BCUT2D eigenvalue weighted by atomic mass is 10.2. The average molecular weight is 320 g/mol. The zero-order chi connectivity index (χ0) is 15.8. The molecule has 0 saturated carbocycles. The molecule has 22 heavy (non-hydrogen) atoms. The van der Waals surface area contributed by atoms with Crippen molar-refractivity contribution in [1.29, 1.82) is 0 Å². The summed E-state index contributed by atoms with van der Waals surface area (Å²) in [6.07, 6.45) is 5.26. The van der Waals surface area contributed by atoms with E-state index < -0.39 is 0 Å². The molecule has 0 N–H and O–H groups in total. The van der Waals surface area contributed by atoms with Gasteiger partial charge in [0.05, 0.1) is 18.1 Å². The third-order valence-electron chi connectivity index (χ3n) is 3.24. The van der Waals surface area contributed by atoms with Gasteiger partial charge in [0, 0.05) is 23.7 Å². The number of esters is 1. The lowest BCUT2D eigenvalue weighted by Crippen LogP contribution is -2.09. The van der Waals surface area contributed by atoms with E-state index in [-0.39, 0.29) is 5.97 Å². The van der Waals surface area contributed by atoms with Crippen LogP contribution in [-0.2, 0) is 21.7 Å². The van der Waals surface area contributed by atoms with Crippen molar-refractivity contribution in [2.24, 2.45) is 0 Å². The first-order chi connectivity index (χ1) is 10.7. The van der Waals surface area contributed by atoms with Crippen molar-refractivity contribution < 1.29 is 14.1 Å². The van der Waals surface area contributed by atoms with Crippen LogP contribution in [-0.4, -0.2) is 28.5 Å². The maximum absolute atomic E-state index is 11.7. The van der Waals surface area contributed by atoms with Crippen LogP contribution in [0.25, 0.3) is 0 Å². The molecule has 0 aliphatic carbocycles. The molecule has 5 nitrogen and oxygen atoms in total. The number of hydrogen-bond donors (Lipinski definition) is 0. The lowest BCUT2D eigenvalue weighted by Gasteiger charge is -2.05. The summed E-state index contributed by atoms with van der Waals surface area (Å²) in [5.74, 6) is 1.70. The van der Waals surface area contributed by atoms with Crippen LogP contribution in [0.4, 0.5) is 0 Å². The second kappa shape index (κ2) is 8.58. The lowest BCUT2D eigenvalue weighted by molar-refractivity contribution is -0.140. The molecule has 2 rings (SSSR count). The largest absolute Gasteiger partial charge is 0.465 e. The number of hydrogen-bond acceptors (Lipinski definition) is 6. The summed E-state index contributed by atoms with van der Waals surface area (Å²) >= 11 is 1.52. The van der Waals surface area contributed by atoms with Crippen molar-refractivity contribution in [3.05, 3.63) is 47.1 Å². The minimum Gasteiger partial charge on any atom is -0.465 e. The van der Waals surface area contributed by atoms with Crippen LogP contribution >= 0.6 is 11.8 Å². The van der Waals surface area contributed by atoms with E-state index in [1.165, 1.54) is 11.8 Å². The molecule has 0 spiro atoms. The molecule has 0 aliphatic heterocycles. The van der Waals surface area contributed by atoms with Gasteiger partial charge in [-0.15, -0.1) is 11.8 Å². The van der Waals surface area contributed by atoms with Crippen LogP contribution in [0.1, 0.15) is 29.0 Å². The average Bonchev–Trinajstić information content (AvgIpc) is 2.84. The first kappa shape index (κ1) is 16.5. The van der Waals surface area contributed by atoms with E-state index in [0.29, 0.717) is 18.1 Å². The van der Waals surface area contributed by atoms with Crippen LogP contribution in [0.2, 0.25) is 0 Å². The highest BCUT2D eigenvalue weighted by Crippen LogP contribution is 2.19. The van der Waals surface area contributed by atoms with Gasteiger partial charge < -0.3 is 9.26 Å². The number of rotatable bonds is 8. The third kappa shape index (κ3) is 5.18. The second-order valence-electron chi connectivity index (χ2n) is 4.98. The molecule has 0 unspecified atom stereocenters. The fraction of sp³-hybridized carbons (Fsp3) is 0.438. The van der Waals surface area contributed by atoms with Crippen molar-refractivity contribution in [1.82, 2.24) is 10.1 Å². The number of carbonyl (C=O) groups excluding carboxylic acids is 1. The van der Waals surface area contributed by atoms with Gasteiger partial charge >= 0.3 is 5.97 Å². The summed E-state index contributed by atoms with van der Waals surface area (Å²) in [5.41, 5.74) is 3.11. The van der Waals surface area contributed by atoms with Crippen LogP contribution < -0.4 is 0 Å². The summed E-state index contributed by atoms with van der Waals surface area (Å²) in [7, 11) is 0. The van der Waals surface area contributed by atoms with Crippen LogP contribution in [0.15, 0.2) is 29.0 Å². The summed E-state index contributed by atoms with van der Waals surface area (Å²) in [5, 5.41) is 3.89. The maximum Gasteiger partial charge on any atom is 0.315 e. The fourth-order valence-corrected chi connectivity index (χ4v) is 2.96. The van der Waals surface area contributed by atoms with E-state index >= 15 is 0 Å².